The Kier molecular flexibility index (Phi) is 5.16. The molecule has 164 valence electrons. The number of fused-ring (bicyclic) bond motifs is 4. The van der Waals surface area contributed by atoms with E-state index in [1.165, 1.54) is 0 Å². The standard InChI is InChI=1S/C24H26ClO4PS/c1-23(2)15-11-12-24(23,3)22(13-15)29-30(26,27)28-19-14-17-18(25)8-6-10-21(17)31-20-9-5-4-7-16(19)20/h4-10,14-15,22H,11-13H2,1-3H3,(H,26,27)/t15-,22-,24+/m0/s1. The number of hydrogen-bond donors (Lipinski definition) is 1. The zero-order valence-electron chi connectivity index (χ0n) is 17.8. The van der Waals surface area contributed by atoms with Crippen LogP contribution in [-0.4, -0.2) is 11.0 Å². The van der Waals surface area contributed by atoms with Crippen molar-refractivity contribution in [3.63, 3.8) is 0 Å². The molecule has 1 heterocycles. The Morgan fingerprint density at radius 3 is 2.58 bits per heavy atom. The molecule has 2 aromatic carbocycles. The summed E-state index contributed by atoms with van der Waals surface area (Å²) in [6.45, 7) is 6.67. The molecular weight excluding hydrogens is 451 g/mol. The van der Waals surface area contributed by atoms with Crippen molar-refractivity contribution >= 4 is 43.0 Å². The molecule has 2 saturated carbocycles. The highest BCUT2D eigenvalue weighted by Gasteiger charge is 2.63. The molecule has 2 aliphatic carbocycles. The van der Waals surface area contributed by atoms with Gasteiger partial charge in [0, 0.05) is 25.9 Å². The van der Waals surface area contributed by atoms with Crippen molar-refractivity contribution in [3.05, 3.63) is 58.6 Å². The van der Waals surface area contributed by atoms with Crippen LogP contribution in [0.15, 0.2) is 52.3 Å². The molecule has 1 unspecified atom stereocenters. The number of phosphoric acid groups is 1. The van der Waals surface area contributed by atoms with Gasteiger partial charge in [-0.25, -0.2) is 4.57 Å². The van der Waals surface area contributed by atoms with Crippen LogP contribution >= 0.6 is 31.2 Å². The van der Waals surface area contributed by atoms with Crippen LogP contribution in [0.5, 0.6) is 0 Å². The Morgan fingerprint density at radius 2 is 1.87 bits per heavy atom. The summed E-state index contributed by atoms with van der Waals surface area (Å²) in [6.07, 6.45) is 4.38. The van der Waals surface area contributed by atoms with Gasteiger partial charge in [0.25, 0.3) is 0 Å². The van der Waals surface area contributed by atoms with E-state index in [-0.39, 0.29) is 16.9 Å². The van der Waals surface area contributed by atoms with Crippen molar-refractivity contribution in [1.29, 1.82) is 0 Å². The lowest BCUT2D eigenvalue weighted by Crippen LogP contribution is -2.36. The number of benzene rings is 2. The van der Waals surface area contributed by atoms with Gasteiger partial charge in [0.1, 0.15) is 5.76 Å². The minimum absolute atomic E-state index is 0.0783. The summed E-state index contributed by atoms with van der Waals surface area (Å²) in [4.78, 5) is 12.7. The first-order valence-corrected chi connectivity index (χ1v) is 13.3. The van der Waals surface area contributed by atoms with Gasteiger partial charge in [-0.1, -0.05) is 68.4 Å². The van der Waals surface area contributed by atoms with E-state index in [2.05, 4.69) is 20.8 Å². The van der Waals surface area contributed by atoms with Gasteiger partial charge in [-0.3, -0.25) is 9.42 Å². The van der Waals surface area contributed by atoms with Gasteiger partial charge in [0.15, 0.2) is 0 Å². The fraction of sp³-hybridized carbons (Fsp3) is 0.417. The summed E-state index contributed by atoms with van der Waals surface area (Å²) >= 11 is 8.01. The zero-order valence-corrected chi connectivity index (χ0v) is 20.3. The smallest absolute Gasteiger partial charge is 0.403 e. The zero-order chi connectivity index (χ0) is 22.0. The van der Waals surface area contributed by atoms with Gasteiger partial charge in [0.05, 0.1) is 6.10 Å². The highest BCUT2D eigenvalue weighted by atomic mass is 35.5. The van der Waals surface area contributed by atoms with Gasteiger partial charge >= 0.3 is 7.82 Å². The molecule has 0 radical (unpaired) electrons. The maximum Gasteiger partial charge on any atom is 0.527 e. The Balaban J connectivity index is 1.48. The lowest BCUT2D eigenvalue weighted by molar-refractivity contribution is 0.0107. The Hall–Kier alpha value is -1.23. The molecule has 1 aliphatic heterocycles. The second-order valence-electron chi connectivity index (χ2n) is 9.52. The number of halogens is 1. The molecule has 0 spiro atoms. The third-order valence-electron chi connectivity index (χ3n) is 7.85. The Labute approximate surface area is 192 Å². The quantitative estimate of drug-likeness (QED) is 0.459. The van der Waals surface area contributed by atoms with Crippen molar-refractivity contribution in [2.45, 2.75) is 55.9 Å². The van der Waals surface area contributed by atoms with E-state index in [0.29, 0.717) is 16.7 Å². The molecule has 4 atom stereocenters. The molecule has 3 aliphatic rings. The summed E-state index contributed by atoms with van der Waals surface area (Å²) in [7, 11) is -4.36. The second-order valence-corrected chi connectivity index (χ2v) is 12.3. The lowest BCUT2D eigenvalue weighted by atomic mass is 9.70. The average molecular weight is 477 g/mol. The highest BCUT2D eigenvalue weighted by Crippen LogP contribution is 2.69. The first-order valence-electron chi connectivity index (χ1n) is 10.6. The third-order valence-corrected chi connectivity index (χ3v) is 10.3. The minimum Gasteiger partial charge on any atom is -0.403 e. The molecule has 0 saturated heterocycles. The van der Waals surface area contributed by atoms with Crippen LogP contribution in [-0.2, 0) is 13.6 Å². The van der Waals surface area contributed by atoms with E-state index >= 15 is 0 Å². The number of hydrogen-bond acceptors (Lipinski definition) is 4. The molecule has 0 aromatic heterocycles. The van der Waals surface area contributed by atoms with Gasteiger partial charge in [-0.2, -0.15) is 0 Å². The van der Waals surface area contributed by atoms with E-state index in [1.807, 2.05) is 36.4 Å². The van der Waals surface area contributed by atoms with E-state index in [9.17, 15) is 9.46 Å². The Bertz CT molecular complexity index is 1130. The van der Waals surface area contributed by atoms with Crippen molar-refractivity contribution in [1.82, 2.24) is 0 Å². The fourth-order valence-electron chi connectivity index (χ4n) is 5.50. The molecule has 7 heteroatoms. The summed E-state index contributed by atoms with van der Waals surface area (Å²) < 4.78 is 24.8. The fourth-order valence-corrected chi connectivity index (χ4v) is 7.96. The van der Waals surface area contributed by atoms with Crippen molar-refractivity contribution in [2.24, 2.45) is 16.7 Å². The molecule has 4 nitrogen and oxygen atoms in total. The van der Waals surface area contributed by atoms with Crippen molar-refractivity contribution < 1.29 is 18.5 Å². The molecule has 2 bridgehead atoms. The van der Waals surface area contributed by atoms with Crippen LogP contribution in [0.1, 0.15) is 51.2 Å². The number of phosphoric ester groups is 1. The van der Waals surface area contributed by atoms with E-state index in [4.69, 9.17) is 20.6 Å². The van der Waals surface area contributed by atoms with Crippen LogP contribution < -0.4 is 0 Å². The minimum atomic E-state index is -4.36. The van der Waals surface area contributed by atoms with Crippen molar-refractivity contribution in [3.8, 4) is 0 Å². The van der Waals surface area contributed by atoms with Crippen LogP contribution in [0, 0.1) is 16.7 Å². The van der Waals surface area contributed by atoms with Crippen LogP contribution in [0.2, 0.25) is 5.02 Å². The monoisotopic (exact) mass is 476 g/mol. The van der Waals surface area contributed by atoms with E-state index in [0.717, 1.165) is 40.2 Å². The summed E-state index contributed by atoms with van der Waals surface area (Å²) in [5, 5.41) is 0.565. The molecule has 2 fully saturated rings. The highest BCUT2D eigenvalue weighted by molar-refractivity contribution is 7.99. The normalized spacial score (nSPS) is 30.0. The largest absolute Gasteiger partial charge is 0.527 e. The van der Waals surface area contributed by atoms with Crippen LogP contribution in [0.4, 0.5) is 0 Å². The maximum absolute atomic E-state index is 13.2. The van der Waals surface area contributed by atoms with Gasteiger partial charge in [0.2, 0.25) is 0 Å². The molecule has 2 aromatic rings. The third kappa shape index (κ3) is 3.50. The van der Waals surface area contributed by atoms with E-state index in [1.54, 1.807) is 23.9 Å². The predicted molar refractivity (Wildman–Crippen MR) is 125 cm³/mol. The van der Waals surface area contributed by atoms with Crippen LogP contribution in [0.25, 0.3) is 11.8 Å². The van der Waals surface area contributed by atoms with Crippen molar-refractivity contribution in [2.75, 3.05) is 0 Å². The van der Waals surface area contributed by atoms with Gasteiger partial charge in [-0.05, 0) is 60.3 Å². The SMILES string of the molecule is CC1(C)[C@H]2CC[C@]1(C)[C@@H](OP(=O)(O)OC1=Cc3c(Cl)cccc3Sc3ccccc31)C2. The average Bonchev–Trinajstić information content (AvgIpc) is 2.95. The molecule has 5 rings (SSSR count). The summed E-state index contributed by atoms with van der Waals surface area (Å²) in [5.74, 6) is 0.802. The molecule has 31 heavy (non-hydrogen) atoms. The Morgan fingerprint density at radius 1 is 1.13 bits per heavy atom. The molecule has 0 amide bonds. The molecule has 1 N–H and O–H groups in total. The molecular formula is C24H26ClO4PS. The maximum atomic E-state index is 13.2. The predicted octanol–water partition coefficient (Wildman–Crippen LogP) is 7.65. The van der Waals surface area contributed by atoms with E-state index < -0.39 is 7.82 Å². The second kappa shape index (κ2) is 7.40. The summed E-state index contributed by atoms with van der Waals surface area (Å²) in [5.41, 5.74) is 1.46. The first kappa shape index (κ1) is 21.6. The van der Waals surface area contributed by atoms with Gasteiger partial charge < -0.3 is 4.52 Å². The summed E-state index contributed by atoms with van der Waals surface area (Å²) in [6, 6.07) is 13.4. The van der Waals surface area contributed by atoms with Crippen LogP contribution in [0.3, 0.4) is 0 Å². The lowest BCUT2D eigenvalue weighted by Gasteiger charge is -2.39. The topological polar surface area (TPSA) is 55.8 Å². The first-order chi connectivity index (χ1) is 14.6. The number of rotatable bonds is 4. The van der Waals surface area contributed by atoms with Gasteiger partial charge in [-0.15, -0.1) is 0 Å².